The zero-order valence-electron chi connectivity index (χ0n) is 5.73. The van der Waals surface area contributed by atoms with E-state index in [4.69, 9.17) is 11.5 Å². The van der Waals surface area contributed by atoms with Crippen molar-refractivity contribution in [2.75, 3.05) is 5.73 Å². The smallest absolute Gasteiger partial charge is 0.219 e. The first kappa shape index (κ1) is 13.0. The lowest BCUT2D eigenvalue weighted by Crippen LogP contribution is -2.00. The number of anilines is 1. The molecule has 0 aliphatic heterocycles. The highest BCUT2D eigenvalue weighted by atomic mass is 35.5. The van der Waals surface area contributed by atoms with Gasteiger partial charge in [-0.3, -0.25) is 0 Å². The van der Waals surface area contributed by atoms with Crippen LogP contribution in [-0.4, -0.2) is 9.97 Å². The fraction of sp³-hybridized carbons (Fsp3) is 0.200. The quantitative estimate of drug-likeness (QED) is 0.681. The number of aromatic nitrogens is 2. The summed E-state index contributed by atoms with van der Waals surface area (Å²) < 4.78 is 0. The van der Waals surface area contributed by atoms with Crippen molar-refractivity contribution in [3.63, 3.8) is 0 Å². The minimum absolute atomic E-state index is 0. The molecular weight excluding hydrogens is 187 g/mol. The topological polar surface area (TPSA) is 77.8 Å². The van der Waals surface area contributed by atoms with Gasteiger partial charge in [0.25, 0.3) is 0 Å². The lowest BCUT2D eigenvalue weighted by Gasteiger charge is -1.92. The van der Waals surface area contributed by atoms with Gasteiger partial charge in [0.2, 0.25) is 5.95 Å². The van der Waals surface area contributed by atoms with E-state index < -0.39 is 0 Å². The standard InChI is InChI=1S/C5H8N4.2ClH/c6-1-4-2-8-5(7)9-3-4;;/h2-3H,1,6H2,(H2,7,8,9);2*1H. The Morgan fingerprint density at radius 2 is 1.64 bits per heavy atom. The molecule has 1 aromatic rings. The molecule has 0 saturated heterocycles. The van der Waals surface area contributed by atoms with Gasteiger partial charge in [-0.1, -0.05) is 0 Å². The van der Waals surface area contributed by atoms with E-state index in [1.807, 2.05) is 0 Å². The highest BCUT2D eigenvalue weighted by Crippen LogP contribution is 1.93. The normalized spacial score (nSPS) is 7.73. The van der Waals surface area contributed by atoms with Crippen LogP contribution in [0.15, 0.2) is 12.4 Å². The number of halogens is 2. The Morgan fingerprint density at radius 3 is 2.00 bits per heavy atom. The molecule has 6 heteroatoms. The third-order valence-electron chi connectivity index (χ3n) is 0.961. The second-order valence-corrected chi connectivity index (χ2v) is 1.65. The lowest BCUT2D eigenvalue weighted by atomic mass is 10.3. The molecule has 1 rings (SSSR count). The SMILES string of the molecule is Cl.Cl.NCc1cnc(N)nc1. The highest BCUT2D eigenvalue weighted by molar-refractivity contribution is 5.85. The van der Waals surface area contributed by atoms with Crippen molar-refractivity contribution in [1.29, 1.82) is 0 Å². The van der Waals surface area contributed by atoms with E-state index in [-0.39, 0.29) is 30.8 Å². The van der Waals surface area contributed by atoms with Crippen LogP contribution < -0.4 is 11.5 Å². The average molecular weight is 197 g/mol. The van der Waals surface area contributed by atoms with Gasteiger partial charge < -0.3 is 11.5 Å². The molecule has 0 radical (unpaired) electrons. The minimum Gasteiger partial charge on any atom is -0.368 e. The van der Waals surface area contributed by atoms with Gasteiger partial charge in [-0.05, 0) is 0 Å². The number of nitrogens with zero attached hydrogens (tertiary/aromatic N) is 2. The van der Waals surface area contributed by atoms with Crippen molar-refractivity contribution in [3.05, 3.63) is 18.0 Å². The monoisotopic (exact) mass is 196 g/mol. The first-order valence-electron chi connectivity index (χ1n) is 2.59. The van der Waals surface area contributed by atoms with Crippen LogP contribution in [0.25, 0.3) is 0 Å². The molecule has 0 aliphatic carbocycles. The van der Waals surface area contributed by atoms with E-state index in [9.17, 15) is 0 Å². The Kier molecular flexibility index (Phi) is 7.29. The fourth-order valence-electron chi connectivity index (χ4n) is 0.470. The fourth-order valence-corrected chi connectivity index (χ4v) is 0.470. The third-order valence-corrected chi connectivity index (χ3v) is 0.961. The largest absolute Gasteiger partial charge is 0.368 e. The molecule has 0 atom stereocenters. The van der Waals surface area contributed by atoms with Crippen molar-refractivity contribution in [2.45, 2.75) is 6.54 Å². The molecule has 64 valence electrons. The van der Waals surface area contributed by atoms with Crippen LogP contribution in [0, 0.1) is 0 Å². The van der Waals surface area contributed by atoms with Crippen LogP contribution in [0.3, 0.4) is 0 Å². The Labute approximate surface area is 77.2 Å². The molecule has 0 fully saturated rings. The highest BCUT2D eigenvalue weighted by Gasteiger charge is 1.88. The van der Waals surface area contributed by atoms with Gasteiger partial charge in [-0.15, -0.1) is 24.8 Å². The Bertz CT molecular complexity index is 188. The Morgan fingerprint density at radius 1 is 1.18 bits per heavy atom. The molecular formula is C5H10Cl2N4. The molecule has 11 heavy (non-hydrogen) atoms. The van der Waals surface area contributed by atoms with E-state index in [1.165, 1.54) is 0 Å². The van der Waals surface area contributed by atoms with Gasteiger partial charge in [-0.2, -0.15) is 0 Å². The van der Waals surface area contributed by atoms with Crippen LogP contribution in [0.4, 0.5) is 5.95 Å². The van der Waals surface area contributed by atoms with Crippen LogP contribution in [-0.2, 0) is 6.54 Å². The van der Waals surface area contributed by atoms with Gasteiger partial charge in [0.1, 0.15) is 0 Å². The van der Waals surface area contributed by atoms with Crippen LogP contribution in [0.1, 0.15) is 5.56 Å². The summed E-state index contributed by atoms with van der Waals surface area (Å²) in [6.45, 7) is 0.459. The molecule has 0 spiro atoms. The number of hydrogen-bond acceptors (Lipinski definition) is 4. The lowest BCUT2D eigenvalue weighted by molar-refractivity contribution is 1.01. The summed E-state index contributed by atoms with van der Waals surface area (Å²) in [5.74, 6) is 0.284. The number of rotatable bonds is 1. The molecule has 0 amide bonds. The van der Waals surface area contributed by atoms with Gasteiger partial charge in [0.05, 0.1) is 0 Å². The number of nitrogens with two attached hydrogens (primary N) is 2. The van der Waals surface area contributed by atoms with Crippen LogP contribution >= 0.6 is 24.8 Å². The van der Waals surface area contributed by atoms with Gasteiger partial charge >= 0.3 is 0 Å². The molecule has 0 bridgehead atoms. The zero-order chi connectivity index (χ0) is 6.69. The van der Waals surface area contributed by atoms with Crippen molar-refractivity contribution >= 4 is 30.8 Å². The van der Waals surface area contributed by atoms with E-state index in [0.717, 1.165) is 5.56 Å². The predicted octanol–water partition coefficient (Wildman–Crippen LogP) is 0.361. The van der Waals surface area contributed by atoms with Crippen molar-refractivity contribution < 1.29 is 0 Å². The summed E-state index contributed by atoms with van der Waals surface area (Å²) in [5.41, 5.74) is 11.4. The summed E-state index contributed by atoms with van der Waals surface area (Å²) in [6, 6.07) is 0. The molecule has 0 unspecified atom stereocenters. The Hall–Kier alpha value is -0.580. The summed E-state index contributed by atoms with van der Waals surface area (Å²) in [4.78, 5) is 7.47. The molecule has 1 aromatic heterocycles. The van der Waals surface area contributed by atoms with Crippen molar-refractivity contribution in [3.8, 4) is 0 Å². The molecule has 0 aromatic carbocycles. The van der Waals surface area contributed by atoms with Crippen LogP contribution in [0.5, 0.6) is 0 Å². The summed E-state index contributed by atoms with van der Waals surface area (Å²) in [6.07, 6.45) is 3.23. The van der Waals surface area contributed by atoms with Gasteiger partial charge in [0, 0.05) is 24.5 Å². The molecule has 0 aliphatic rings. The first-order valence-corrected chi connectivity index (χ1v) is 2.59. The van der Waals surface area contributed by atoms with Crippen LogP contribution in [0.2, 0.25) is 0 Å². The van der Waals surface area contributed by atoms with E-state index in [0.29, 0.717) is 6.54 Å². The summed E-state index contributed by atoms with van der Waals surface area (Å²) >= 11 is 0. The predicted molar refractivity (Wildman–Crippen MR) is 48.8 cm³/mol. The molecule has 0 saturated carbocycles. The maximum Gasteiger partial charge on any atom is 0.219 e. The minimum atomic E-state index is 0. The average Bonchev–Trinajstić information content (AvgIpc) is 1.90. The Balaban J connectivity index is 0. The van der Waals surface area contributed by atoms with E-state index >= 15 is 0 Å². The zero-order valence-corrected chi connectivity index (χ0v) is 7.36. The maximum atomic E-state index is 5.28. The summed E-state index contributed by atoms with van der Waals surface area (Å²) in [5, 5.41) is 0. The second kappa shape index (κ2) is 6.15. The molecule has 1 heterocycles. The first-order chi connectivity index (χ1) is 4.33. The van der Waals surface area contributed by atoms with Crippen molar-refractivity contribution in [2.24, 2.45) is 5.73 Å². The number of hydrogen-bond donors (Lipinski definition) is 2. The van der Waals surface area contributed by atoms with E-state index in [1.54, 1.807) is 12.4 Å². The van der Waals surface area contributed by atoms with Gasteiger partial charge in [-0.25, -0.2) is 9.97 Å². The van der Waals surface area contributed by atoms with Crippen molar-refractivity contribution in [1.82, 2.24) is 9.97 Å². The summed E-state index contributed by atoms with van der Waals surface area (Å²) in [7, 11) is 0. The third kappa shape index (κ3) is 3.98. The molecule has 4 N–H and O–H groups in total. The second-order valence-electron chi connectivity index (χ2n) is 1.65. The van der Waals surface area contributed by atoms with E-state index in [2.05, 4.69) is 9.97 Å². The van der Waals surface area contributed by atoms with Gasteiger partial charge in [0.15, 0.2) is 0 Å². The number of nitrogen functional groups attached to an aromatic ring is 1. The molecule has 4 nitrogen and oxygen atoms in total. The maximum absolute atomic E-state index is 5.28.